The smallest absolute Gasteiger partial charge is 0.251 e. The zero-order valence-electron chi connectivity index (χ0n) is 34.3. The van der Waals surface area contributed by atoms with Crippen molar-refractivity contribution in [2.75, 3.05) is 41.0 Å². The summed E-state index contributed by atoms with van der Waals surface area (Å²) in [5.41, 5.74) is 1.10. The van der Waals surface area contributed by atoms with E-state index in [1.807, 2.05) is 0 Å². The average molecular weight is 850 g/mol. The number of sulfonamides is 1. The number of aromatic nitrogens is 2. The van der Waals surface area contributed by atoms with Gasteiger partial charge in [0.15, 0.2) is 11.5 Å². The van der Waals surface area contributed by atoms with Crippen LogP contribution in [0, 0.1) is 5.92 Å². The fourth-order valence-electron chi connectivity index (χ4n) is 6.44. The van der Waals surface area contributed by atoms with Crippen molar-refractivity contribution < 1.29 is 51.6 Å². The minimum atomic E-state index is -4.49. The third-order valence-corrected chi connectivity index (χ3v) is 11.6. The second-order valence-electron chi connectivity index (χ2n) is 14.2. The van der Waals surface area contributed by atoms with Crippen LogP contribution in [0.15, 0.2) is 78.0 Å². The molecule has 19 heteroatoms. The maximum atomic E-state index is 14.4. The lowest BCUT2D eigenvalue weighted by Gasteiger charge is -2.28. The Bertz CT molecular complexity index is 2270. The zero-order chi connectivity index (χ0) is 43.6. The van der Waals surface area contributed by atoms with Gasteiger partial charge in [0.1, 0.15) is 34.2 Å². The van der Waals surface area contributed by atoms with Crippen molar-refractivity contribution in [1.82, 2.24) is 35.4 Å². The molecule has 1 aliphatic rings. The average Bonchev–Trinajstić information content (AvgIpc) is 3.78. The standard InChI is InChI=1S/C41H51N7O11S/c1-25(2)37-40(52)43-23-29-30(56-4)11-9-12-31(29)59-34-21-27(13-15-32(34)57-5)39(51)42-17-7-8-19-47(24-36(50)45-38(26(3)49)41(53)46-37)60(54,55)35-22-28(14-16-33(35)58-6)48-20-10-18-44-48/h9-16,18,20-22,25-26,37-38,49H,7-8,17,19,23-24H2,1-6H3,(H,42,51)(H,43,52)(H,45,50)(H,46,53)/t26-,37-,38+/m1/s1. The van der Waals surface area contributed by atoms with E-state index in [2.05, 4.69) is 26.4 Å². The topological polar surface area (TPSA) is 229 Å². The highest BCUT2D eigenvalue weighted by Crippen LogP contribution is 2.37. The number of aliphatic hydroxyl groups excluding tert-OH is 1. The van der Waals surface area contributed by atoms with E-state index in [0.29, 0.717) is 29.2 Å². The minimum absolute atomic E-state index is 0.0103. The van der Waals surface area contributed by atoms with Crippen molar-refractivity contribution in [1.29, 1.82) is 0 Å². The van der Waals surface area contributed by atoms with E-state index in [-0.39, 0.29) is 53.8 Å². The van der Waals surface area contributed by atoms with Gasteiger partial charge in [0.2, 0.25) is 27.7 Å². The maximum absolute atomic E-state index is 14.4. The molecule has 5 rings (SSSR count). The van der Waals surface area contributed by atoms with Crippen LogP contribution in [0.25, 0.3) is 5.69 Å². The number of hydrogen-bond acceptors (Lipinski definition) is 12. The number of rotatable bonds is 8. The Hall–Kier alpha value is -6.18. The summed E-state index contributed by atoms with van der Waals surface area (Å²) >= 11 is 0. The van der Waals surface area contributed by atoms with Crippen LogP contribution in [-0.4, -0.2) is 110 Å². The van der Waals surface area contributed by atoms with E-state index in [1.165, 1.54) is 57.3 Å². The van der Waals surface area contributed by atoms with Crippen LogP contribution >= 0.6 is 0 Å². The van der Waals surface area contributed by atoms with Gasteiger partial charge in [-0.2, -0.15) is 9.40 Å². The summed E-state index contributed by atoms with van der Waals surface area (Å²) in [7, 11) is -0.265. The van der Waals surface area contributed by atoms with Gasteiger partial charge in [0.05, 0.1) is 51.8 Å². The van der Waals surface area contributed by atoms with Gasteiger partial charge in [0, 0.05) is 31.0 Å². The Labute approximate surface area is 348 Å². The molecule has 4 amide bonds. The number of amides is 4. The molecule has 2 heterocycles. The number of ether oxygens (including phenoxy) is 4. The Balaban J connectivity index is 1.51. The van der Waals surface area contributed by atoms with Crippen LogP contribution < -0.4 is 40.2 Å². The van der Waals surface area contributed by atoms with Crippen LogP contribution in [0.1, 0.15) is 49.5 Å². The van der Waals surface area contributed by atoms with Crippen LogP contribution in [0.3, 0.4) is 0 Å². The van der Waals surface area contributed by atoms with Crippen LogP contribution in [0.2, 0.25) is 0 Å². The lowest BCUT2D eigenvalue weighted by molar-refractivity contribution is -0.135. The molecule has 0 fully saturated rings. The summed E-state index contributed by atoms with van der Waals surface area (Å²) in [5.74, 6) is -2.08. The van der Waals surface area contributed by atoms with Crippen LogP contribution in [-0.2, 0) is 31.0 Å². The summed E-state index contributed by atoms with van der Waals surface area (Å²) in [6.07, 6.45) is 2.20. The van der Waals surface area contributed by atoms with Crippen LogP contribution in [0.5, 0.6) is 28.7 Å². The van der Waals surface area contributed by atoms with Gasteiger partial charge >= 0.3 is 0 Å². The monoisotopic (exact) mass is 849 g/mol. The van der Waals surface area contributed by atoms with Gasteiger partial charge < -0.3 is 45.3 Å². The predicted octanol–water partition coefficient (Wildman–Crippen LogP) is 2.53. The first-order valence-corrected chi connectivity index (χ1v) is 20.7. The first-order chi connectivity index (χ1) is 28.7. The zero-order valence-corrected chi connectivity index (χ0v) is 35.1. The molecule has 0 radical (unpaired) electrons. The number of carbonyl (C=O) groups is 4. The molecule has 60 heavy (non-hydrogen) atoms. The molecule has 0 unspecified atom stereocenters. The van der Waals surface area contributed by atoms with Crippen molar-refractivity contribution in [3.63, 3.8) is 0 Å². The summed E-state index contributed by atoms with van der Waals surface area (Å²) < 4.78 is 54.1. The van der Waals surface area contributed by atoms with Gasteiger partial charge in [-0.3, -0.25) is 19.2 Å². The number of hydrogen-bond donors (Lipinski definition) is 5. The Kier molecular flexibility index (Phi) is 15.1. The summed E-state index contributed by atoms with van der Waals surface area (Å²) in [6.45, 7) is 3.77. The van der Waals surface area contributed by atoms with Gasteiger partial charge in [-0.1, -0.05) is 19.9 Å². The number of benzene rings is 3. The molecule has 4 aromatic rings. The molecule has 0 saturated carbocycles. The molecule has 3 aromatic carbocycles. The molecule has 1 aromatic heterocycles. The summed E-state index contributed by atoms with van der Waals surface area (Å²) in [6, 6.07) is 13.1. The molecule has 322 valence electrons. The van der Waals surface area contributed by atoms with E-state index in [0.717, 1.165) is 4.31 Å². The van der Waals surface area contributed by atoms with Gasteiger partial charge in [-0.25, -0.2) is 13.1 Å². The van der Waals surface area contributed by atoms with Crippen LogP contribution in [0.4, 0.5) is 0 Å². The second-order valence-corrected chi connectivity index (χ2v) is 16.1. The molecule has 18 nitrogen and oxygen atoms in total. The minimum Gasteiger partial charge on any atom is -0.496 e. The van der Waals surface area contributed by atoms with Crippen molar-refractivity contribution in [2.45, 2.75) is 63.2 Å². The highest BCUT2D eigenvalue weighted by Gasteiger charge is 2.34. The highest BCUT2D eigenvalue weighted by molar-refractivity contribution is 7.89. The van der Waals surface area contributed by atoms with E-state index in [9.17, 15) is 32.7 Å². The SMILES string of the molecule is COc1ccc2cc1Oc1cccc(OC)c1CNC(=O)[C@@H](C(C)C)NC(=O)[C@H]([C@@H](C)O)NC(=O)CN(S(=O)(=O)c1cc(-n3cccn3)ccc1OC)CCCCNC2=O. The molecular weight excluding hydrogens is 799 g/mol. The number of carbonyl (C=O) groups excluding carboxylic acids is 4. The van der Waals surface area contributed by atoms with E-state index < -0.39 is 64.3 Å². The molecule has 5 N–H and O–H groups in total. The number of nitrogens with zero attached hydrogens (tertiary/aromatic N) is 3. The molecule has 3 atom stereocenters. The Morgan fingerprint density at radius 1 is 0.817 bits per heavy atom. The first-order valence-electron chi connectivity index (χ1n) is 19.2. The molecule has 0 saturated heterocycles. The quantitative estimate of drug-likeness (QED) is 0.172. The van der Waals surface area contributed by atoms with Crippen molar-refractivity contribution >= 4 is 33.7 Å². The lowest BCUT2D eigenvalue weighted by Crippen LogP contribution is -2.59. The third-order valence-electron chi connectivity index (χ3n) is 9.70. The molecule has 2 bridgehead atoms. The molecule has 1 aliphatic heterocycles. The third kappa shape index (κ3) is 10.7. The van der Waals surface area contributed by atoms with E-state index in [4.69, 9.17) is 18.9 Å². The predicted molar refractivity (Wildman–Crippen MR) is 219 cm³/mol. The molecule has 0 spiro atoms. The largest absolute Gasteiger partial charge is 0.496 e. The number of nitrogens with one attached hydrogen (secondary N) is 4. The summed E-state index contributed by atoms with van der Waals surface area (Å²) in [4.78, 5) is 54.3. The lowest BCUT2D eigenvalue weighted by atomic mass is 10.0. The van der Waals surface area contributed by atoms with Gasteiger partial charge in [-0.15, -0.1) is 0 Å². The highest BCUT2D eigenvalue weighted by atomic mass is 32.2. The second kappa shape index (κ2) is 20.2. The molecular formula is C41H51N7O11S. The molecule has 0 aliphatic carbocycles. The number of aliphatic hydroxyl groups is 1. The van der Waals surface area contributed by atoms with Gasteiger partial charge in [0.25, 0.3) is 5.91 Å². The summed E-state index contributed by atoms with van der Waals surface area (Å²) in [5, 5.41) is 25.6. The Morgan fingerprint density at radius 2 is 1.55 bits per heavy atom. The number of fused-ring (bicyclic) bond motifs is 3. The van der Waals surface area contributed by atoms with E-state index in [1.54, 1.807) is 62.5 Å². The Morgan fingerprint density at radius 3 is 2.22 bits per heavy atom. The van der Waals surface area contributed by atoms with E-state index >= 15 is 0 Å². The van der Waals surface area contributed by atoms with Crippen molar-refractivity contribution in [3.8, 4) is 34.4 Å². The normalized spacial score (nSPS) is 18.5. The number of methoxy groups -OCH3 is 3. The van der Waals surface area contributed by atoms with Crippen molar-refractivity contribution in [3.05, 3.63) is 84.2 Å². The maximum Gasteiger partial charge on any atom is 0.251 e. The van der Waals surface area contributed by atoms with Gasteiger partial charge in [-0.05, 0) is 80.3 Å². The first kappa shape index (κ1) is 44.9. The van der Waals surface area contributed by atoms with Crippen molar-refractivity contribution in [2.24, 2.45) is 5.92 Å². The fourth-order valence-corrected chi connectivity index (χ4v) is 8.05. The fraction of sp³-hybridized carbons (Fsp3) is 0.390.